The molecule has 31 heavy (non-hydrogen) atoms. The van der Waals surface area contributed by atoms with Gasteiger partial charge in [0.2, 0.25) is 11.8 Å². The highest BCUT2D eigenvalue weighted by molar-refractivity contribution is 7.99. The fourth-order valence-electron chi connectivity index (χ4n) is 3.72. The summed E-state index contributed by atoms with van der Waals surface area (Å²) in [6, 6.07) is 15.4. The Morgan fingerprint density at radius 2 is 1.81 bits per heavy atom. The van der Waals surface area contributed by atoms with Gasteiger partial charge in [-0.3, -0.25) is 18.7 Å². The maximum Gasteiger partial charge on any atom is 0.329 e. The van der Waals surface area contributed by atoms with E-state index >= 15 is 0 Å². The Hall–Kier alpha value is -3.51. The molecule has 1 unspecified atom stereocenters. The van der Waals surface area contributed by atoms with Gasteiger partial charge in [-0.25, -0.2) is 4.79 Å². The number of amides is 2. The Balaban J connectivity index is 1.53. The van der Waals surface area contributed by atoms with Gasteiger partial charge in [0.25, 0.3) is 0 Å². The molecule has 4 rings (SSSR count). The number of hydrogen-bond donors (Lipinski definition) is 1. The molecule has 2 heterocycles. The van der Waals surface area contributed by atoms with Crippen molar-refractivity contribution in [2.45, 2.75) is 26.1 Å². The largest absolute Gasteiger partial charge is 0.329 e. The van der Waals surface area contributed by atoms with Crippen LogP contribution in [0.15, 0.2) is 53.3 Å². The molecule has 1 aliphatic rings. The van der Waals surface area contributed by atoms with Crippen molar-refractivity contribution in [3.8, 4) is 6.07 Å². The van der Waals surface area contributed by atoms with Gasteiger partial charge in [-0.1, -0.05) is 12.1 Å². The van der Waals surface area contributed by atoms with Crippen LogP contribution >= 0.6 is 11.8 Å². The molecule has 1 aliphatic heterocycles. The van der Waals surface area contributed by atoms with E-state index in [0.29, 0.717) is 34.9 Å². The van der Waals surface area contributed by atoms with Crippen LogP contribution in [0.1, 0.15) is 12.5 Å². The molecular weight excluding hydrogens is 414 g/mol. The third-order valence-electron chi connectivity index (χ3n) is 5.32. The third-order valence-corrected chi connectivity index (χ3v) is 6.33. The minimum Gasteiger partial charge on any atom is -0.324 e. The van der Waals surface area contributed by atoms with Crippen molar-refractivity contribution in [1.29, 1.82) is 5.26 Å². The van der Waals surface area contributed by atoms with E-state index in [1.54, 1.807) is 28.8 Å². The maximum absolute atomic E-state index is 13.1. The Morgan fingerprint density at radius 1 is 1.13 bits per heavy atom. The molecule has 0 aliphatic carbocycles. The van der Waals surface area contributed by atoms with E-state index < -0.39 is 6.04 Å². The lowest BCUT2D eigenvalue weighted by atomic mass is 10.2. The SMILES string of the molecule is CCn1c(=O)n(CC(=O)N2CSCC2C(=O)Nc2ccc(C#N)cc2)c2ccccc21. The lowest BCUT2D eigenvalue weighted by Gasteiger charge is -2.23. The van der Waals surface area contributed by atoms with Crippen LogP contribution in [-0.2, 0) is 22.7 Å². The Morgan fingerprint density at radius 3 is 2.45 bits per heavy atom. The van der Waals surface area contributed by atoms with E-state index in [1.807, 2.05) is 37.3 Å². The first-order chi connectivity index (χ1) is 15.0. The predicted molar refractivity (Wildman–Crippen MR) is 120 cm³/mol. The van der Waals surface area contributed by atoms with E-state index in [-0.39, 0.29) is 24.0 Å². The monoisotopic (exact) mass is 435 g/mol. The van der Waals surface area contributed by atoms with Gasteiger partial charge in [0.15, 0.2) is 0 Å². The summed E-state index contributed by atoms with van der Waals surface area (Å²) < 4.78 is 3.11. The molecule has 9 heteroatoms. The molecule has 0 bridgehead atoms. The molecule has 1 aromatic heterocycles. The summed E-state index contributed by atoms with van der Waals surface area (Å²) in [4.78, 5) is 40.2. The highest BCUT2D eigenvalue weighted by atomic mass is 32.2. The van der Waals surface area contributed by atoms with Crippen LogP contribution in [0.4, 0.5) is 5.69 Å². The summed E-state index contributed by atoms with van der Waals surface area (Å²) in [6.07, 6.45) is 0. The molecule has 1 atom stereocenters. The van der Waals surface area contributed by atoms with Gasteiger partial charge in [0.05, 0.1) is 28.5 Å². The fourth-order valence-corrected chi connectivity index (χ4v) is 4.90. The second kappa shape index (κ2) is 8.70. The molecule has 158 valence electrons. The number of rotatable bonds is 5. The van der Waals surface area contributed by atoms with Crippen LogP contribution < -0.4 is 11.0 Å². The van der Waals surface area contributed by atoms with Crippen molar-refractivity contribution in [2.75, 3.05) is 16.9 Å². The lowest BCUT2D eigenvalue weighted by Crippen LogP contribution is -2.46. The Bertz CT molecular complexity index is 1240. The summed E-state index contributed by atoms with van der Waals surface area (Å²) in [5.41, 5.74) is 2.32. The van der Waals surface area contributed by atoms with Crippen molar-refractivity contribution < 1.29 is 9.59 Å². The molecule has 0 saturated carbocycles. The molecule has 2 amide bonds. The Kier molecular flexibility index (Phi) is 5.82. The molecule has 1 fully saturated rings. The summed E-state index contributed by atoms with van der Waals surface area (Å²) in [5, 5.41) is 11.7. The van der Waals surface area contributed by atoms with Gasteiger partial charge in [0, 0.05) is 18.0 Å². The predicted octanol–water partition coefficient (Wildman–Crippen LogP) is 2.23. The normalized spacial score (nSPS) is 15.7. The Labute approximate surface area is 183 Å². The van der Waals surface area contributed by atoms with Crippen LogP contribution in [0, 0.1) is 11.3 Å². The molecular formula is C22H21N5O3S. The first-order valence-electron chi connectivity index (χ1n) is 9.89. The number of anilines is 1. The average molecular weight is 436 g/mol. The number of nitrogens with one attached hydrogen (secondary N) is 1. The quantitative estimate of drug-likeness (QED) is 0.663. The lowest BCUT2D eigenvalue weighted by molar-refractivity contribution is -0.136. The first kappa shape index (κ1) is 20.8. The maximum atomic E-state index is 13.1. The topological polar surface area (TPSA) is 100 Å². The zero-order valence-corrected chi connectivity index (χ0v) is 17.8. The van der Waals surface area contributed by atoms with E-state index in [0.717, 1.165) is 5.52 Å². The minimum absolute atomic E-state index is 0.118. The van der Waals surface area contributed by atoms with E-state index in [2.05, 4.69) is 5.32 Å². The van der Waals surface area contributed by atoms with Gasteiger partial charge < -0.3 is 10.2 Å². The van der Waals surface area contributed by atoms with Crippen molar-refractivity contribution in [3.05, 3.63) is 64.6 Å². The van der Waals surface area contributed by atoms with E-state index in [4.69, 9.17) is 5.26 Å². The van der Waals surface area contributed by atoms with Crippen LogP contribution in [-0.4, -0.2) is 43.5 Å². The molecule has 1 saturated heterocycles. The fraction of sp³-hybridized carbons (Fsp3) is 0.273. The van der Waals surface area contributed by atoms with Gasteiger partial charge in [-0.2, -0.15) is 5.26 Å². The number of carbonyl (C=O) groups excluding carboxylic acids is 2. The van der Waals surface area contributed by atoms with Crippen molar-refractivity contribution in [3.63, 3.8) is 0 Å². The number of hydrogen-bond acceptors (Lipinski definition) is 5. The number of imidazole rings is 1. The number of thioether (sulfide) groups is 1. The van der Waals surface area contributed by atoms with Crippen molar-refractivity contribution in [2.24, 2.45) is 0 Å². The second-order valence-electron chi connectivity index (χ2n) is 7.16. The number of para-hydroxylation sites is 2. The third kappa shape index (κ3) is 3.94. The van der Waals surface area contributed by atoms with Crippen molar-refractivity contribution in [1.82, 2.24) is 14.0 Å². The van der Waals surface area contributed by atoms with Crippen LogP contribution in [0.5, 0.6) is 0 Å². The highest BCUT2D eigenvalue weighted by Crippen LogP contribution is 2.23. The van der Waals surface area contributed by atoms with Gasteiger partial charge in [-0.05, 0) is 43.3 Å². The highest BCUT2D eigenvalue weighted by Gasteiger charge is 2.35. The number of nitriles is 1. The van der Waals surface area contributed by atoms with Crippen molar-refractivity contribution >= 4 is 40.3 Å². The van der Waals surface area contributed by atoms with Crippen LogP contribution in [0.3, 0.4) is 0 Å². The van der Waals surface area contributed by atoms with Crippen LogP contribution in [0.25, 0.3) is 11.0 Å². The average Bonchev–Trinajstić information content (AvgIpc) is 3.38. The molecule has 2 aromatic carbocycles. The second-order valence-corrected chi connectivity index (χ2v) is 8.16. The van der Waals surface area contributed by atoms with Gasteiger partial charge >= 0.3 is 5.69 Å². The number of benzene rings is 2. The summed E-state index contributed by atoms with van der Waals surface area (Å²) in [5.74, 6) is 0.322. The van der Waals surface area contributed by atoms with Gasteiger partial charge in [0.1, 0.15) is 12.6 Å². The number of aryl methyl sites for hydroxylation is 1. The summed E-state index contributed by atoms with van der Waals surface area (Å²) in [7, 11) is 0. The van der Waals surface area contributed by atoms with Gasteiger partial charge in [-0.15, -0.1) is 11.8 Å². The van der Waals surface area contributed by atoms with E-state index in [1.165, 1.54) is 21.2 Å². The molecule has 0 spiro atoms. The standard InChI is InChI=1S/C22H21N5O3S/c1-2-25-17-5-3-4-6-18(17)26(22(25)30)12-20(28)27-14-31-13-19(27)21(29)24-16-9-7-15(11-23)8-10-16/h3-10,19H,2,12-14H2,1H3,(H,24,29). The summed E-state index contributed by atoms with van der Waals surface area (Å²) >= 11 is 1.50. The zero-order valence-electron chi connectivity index (χ0n) is 16.9. The molecule has 0 radical (unpaired) electrons. The molecule has 3 aromatic rings. The zero-order chi connectivity index (χ0) is 22.0. The minimum atomic E-state index is -0.622. The molecule has 8 nitrogen and oxygen atoms in total. The first-order valence-corrected chi connectivity index (χ1v) is 11.0. The number of fused-ring (bicyclic) bond motifs is 1. The molecule has 1 N–H and O–H groups in total. The smallest absolute Gasteiger partial charge is 0.324 e. The number of nitrogens with zero attached hydrogens (tertiary/aromatic N) is 4. The number of carbonyl (C=O) groups is 2. The summed E-state index contributed by atoms with van der Waals surface area (Å²) in [6.45, 7) is 2.28. The van der Waals surface area contributed by atoms with E-state index in [9.17, 15) is 14.4 Å². The number of aromatic nitrogens is 2. The van der Waals surface area contributed by atoms with Crippen LogP contribution in [0.2, 0.25) is 0 Å².